The monoisotopic (exact) mass is 347 g/mol. The second-order valence-corrected chi connectivity index (χ2v) is 6.26. The van der Waals surface area contributed by atoms with Crippen LogP contribution in [0.25, 0.3) is 28.2 Å². The normalized spacial score (nSPS) is 11.0. The van der Waals surface area contributed by atoms with Crippen LogP contribution in [-0.4, -0.2) is 20.9 Å². The van der Waals surface area contributed by atoms with Crippen molar-refractivity contribution in [3.05, 3.63) is 76.9 Å². The van der Waals surface area contributed by atoms with Crippen molar-refractivity contribution < 1.29 is 4.79 Å². The second kappa shape index (κ2) is 6.15. The van der Waals surface area contributed by atoms with Crippen molar-refractivity contribution in [2.24, 2.45) is 0 Å². The molecule has 2 aromatic carbocycles. The predicted molar refractivity (Wildman–Crippen MR) is 99.0 cm³/mol. The maximum absolute atomic E-state index is 11.0. The number of carbonyl (C=O) groups is 1. The van der Waals surface area contributed by atoms with Crippen LogP contribution < -0.4 is 0 Å². The lowest BCUT2D eigenvalue weighted by atomic mass is 10.0. The number of halogens is 1. The van der Waals surface area contributed by atoms with E-state index in [0.29, 0.717) is 10.6 Å². The fourth-order valence-electron chi connectivity index (χ4n) is 2.81. The molecule has 0 amide bonds. The summed E-state index contributed by atoms with van der Waals surface area (Å²) in [6.07, 6.45) is 2.67. The van der Waals surface area contributed by atoms with E-state index in [0.717, 1.165) is 40.0 Å². The zero-order valence-corrected chi connectivity index (χ0v) is 14.2. The Kier molecular flexibility index (Phi) is 3.82. The van der Waals surface area contributed by atoms with Crippen LogP contribution >= 0.6 is 11.6 Å². The molecule has 25 heavy (non-hydrogen) atoms. The number of carbonyl (C=O) groups excluding carboxylic acids is 1. The lowest BCUT2D eigenvalue weighted by Crippen LogP contribution is -1.97. The summed E-state index contributed by atoms with van der Waals surface area (Å²) < 4.78 is 1.82. The molecule has 0 aliphatic carbocycles. The highest BCUT2D eigenvalue weighted by molar-refractivity contribution is 6.30. The van der Waals surface area contributed by atoms with Gasteiger partial charge in [0.05, 0.1) is 17.6 Å². The van der Waals surface area contributed by atoms with Gasteiger partial charge in [0.25, 0.3) is 0 Å². The zero-order chi connectivity index (χ0) is 17.4. The van der Waals surface area contributed by atoms with Crippen molar-refractivity contribution in [3.63, 3.8) is 0 Å². The topological polar surface area (TPSA) is 47.3 Å². The Balaban J connectivity index is 1.84. The van der Waals surface area contributed by atoms with Gasteiger partial charge in [-0.25, -0.2) is 9.50 Å². The molecule has 0 unspecified atom stereocenters. The van der Waals surface area contributed by atoms with Crippen molar-refractivity contribution in [3.8, 4) is 22.5 Å². The summed E-state index contributed by atoms with van der Waals surface area (Å²) >= 11 is 5.97. The van der Waals surface area contributed by atoms with Crippen molar-refractivity contribution in [1.82, 2.24) is 14.6 Å². The highest BCUT2D eigenvalue weighted by Gasteiger charge is 2.10. The molecule has 4 rings (SSSR count). The van der Waals surface area contributed by atoms with E-state index >= 15 is 0 Å². The molecule has 4 nitrogen and oxygen atoms in total. The molecule has 0 bridgehead atoms. The molecule has 0 radical (unpaired) electrons. The molecule has 4 aromatic rings. The second-order valence-electron chi connectivity index (χ2n) is 5.83. The van der Waals surface area contributed by atoms with Gasteiger partial charge in [-0.05, 0) is 42.8 Å². The number of imidazole rings is 1. The molecular formula is C20H14ClN3O. The highest BCUT2D eigenvalue weighted by atomic mass is 35.5. The van der Waals surface area contributed by atoms with E-state index in [9.17, 15) is 4.79 Å². The van der Waals surface area contributed by atoms with Gasteiger partial charge in [0, 0.05) is 21.7 Å². The summed E-state index contributed by atoms with van der Waals surface area (Å²) in [5, 5.41) is 5.43. The van der Waals surface area contributed by atoms with Gasteiger partial charge in [-0.1, -0.05) is 35.9 Å². The van der Waals surface area contributed by atoms with Crippen LogP contribution in [0.4, 0.5) is 0 Å². The smallest absolute Gasteiger partial charge is 0.154 e. The van der Waals surface area contributed by atoms with E-state index in [1.54, 1.807) is 6.20 Å². The van der Waals surface area contributed by atoms with Gasteiger partial charge in [-0.2, -0.15) is 5.10 Å². The standard InChI is InChI=1S/C20H14ClN3O/c1-13-10-15(2-3-16(13)12-25)18-8-9-20-22-11-19(24(20)23-18)14-4-6-17(21)7-5-14/h2-12H,1H3. The molecule has 0 N–H and O–H groups in total. The molecule has 0 atom stereocenters. The van der Waals surface area contributed by atoms with Gasteiger partial charge in [0.15, 0.2) is 5.65 Å². The van der Waals surface area contributed by atoms with Gasteiger partial charge in [-0.15, -0.1) is 0 Å². The average Bonchev–Trinajstić information content (AvgIpc) is 3.05. The van der Waals surface area contributed by atoms with E-state index < -0.39 is 0 Å². The minimum absolute atomic E-state index is 0.689. The van der Waals surface area contributed by atoms with Crippen LogP contribution in [0.15, 0.2) is 60.8 Å². The number of nitrogens with zero attached hydrogens (tertiary/aromatic N) is 3. The highest BCUT2D eigenvalue weighted by Crippen LogP contribution is 2.25. The van der Waals surface area contributed by atoms with Crippen LogP contribution in [0, 0.1) is 6.92 Å². The van der Waals surface area contributed by atoms with Crippen molar-refractivity contribution in [2.45, 2.75) is 6.92 Å². The van der Waals surface area contributed by atoms with E-state index in [1.165, 1.54) is 0 Å². The number of rotatable bonds is 3. The third-order valence-electron chi connectivity index (χ3n) is 4.19. The first kappa shape index (κ1) is 15.5. The van der Waals surface area contributed by atoms with Crippen molar-refractivity contribution >= 4 is 23.5 Å². The van der Waals surface area contributed by atoms with Gasteiger partial charge in [-0.3, -0.25) is 4.79 Å². The summed E-state index contributed by atoms with van der Waals surface area (Å²) in [5.41, 5.74) is 6.06. The summed E-state index contributed by atoms with van der Waals surface area (Å²) in [6, 6.07) is 17.2. The van der Waals surface area contributed by atoms with Crippen LogP contribution in [0.3, 0.4) is 0 Å². The first-order valence-corrected chi connectivity index (χ1v) is 8.20. The van der Waals surface area contributed by atoms with Gasteiger partial charge in [0.1, 0.15) is 6.29 Å². The third-order valence-corrected chi connectivity index (χ3v) is 4.45. The molecular weight excluding hydrogens is 334 g/mol. The van der Waals surface area contributed by atoms with Crippen molar-refractivity contribution in [1.29, 1.82) is 0 Å². The molecule has 0 saturated carbocycles. The molecule has 5 heteroatoms. The number of hydrogen-bond acceptors (Lipinski definition) is 3. The van der Waals surface area contributed by atoms with E-state index in [1.807, 2.05) is 66.0 Å². The van der Waals surface area contributed by atoms with Gasteiger partial charge in [0.2, 0.25) is 0 Å². The Hall–Kier alpha value is -2.98. The fourth-order valence-corrected chi connectivity index (χ4v) is 2.94. The Morgan fingerprint density at radius 3 is 2.48 bits per heavy atom. The number of fused-ring (bicyclic) bond motifs is 1. The predicted octanol–water partition coefficient (Wildman–Crippen LogP) is 4.84. The zero-order valence-electron chi connectivity index (χ0n) is 13.5. The summed E-state index contributed by atoms with van der Waals surface area (Å²) in [7, 11) is 0. The quantitative estimate of drug-likeness (QED) is 0.498. The van der Waals surface area contributed by atoms with Crippen LogP contribution in [0.2, 0.25) is 5.02 Å². The largest absolute Gasteiger partial charge is 0.298 e. The molecule has 0 saturated heterocycles. The van der Waals surface area contributed by atoms with E-state index in [-0.39, 0.29) is 0 Å². The average molecular weight is 348 g/mol. The van der Waals surface area contributed by atoms with E-state index in [4.69, 9.17) is 16.7 Å². The third kappa shape index (κ3) is 2.81. The summed E-state index contributed by atoms with van der Waals surface area (Å²) in [6.45, 7) is 1.92. The number of hydrogen-bond donors (Lipinski definition) is 0. The molecule has 2 aromatic heterocycles. The number of aromatic nitrogens is 3. The number of aryl methyl sites for hydroxylation is 1. The minimum atomic E-state index is 0.689. The lowest BCUT2D eigenvalue weighted by molar-refractivity contribution is 0.112. The lowest BCUT2D eigenvalue weighted by Gasteiger charge is -2.06. The first-order chi connectivity index (χ1) is 12.2. The van der Waals surface area contributed by atoms with Crippen LogP contribution in [0.1, 0.15) is 15.9 Å². The van der Waals surface area contributed by atoms with E-state index in [2.05, 4.69) is 4.98 Å². The number of aldehydes is 1. The minimum Gasteiger partial charge on any atom is -0.298 e. The Bertz CT molecular complexity index is 1080. The summed E-state index contributed by atoms with van der Waals surface area (Å²) in [4.78, 5) is 15.4. The van der Waals surface area contributed by atoms with Gasteiger partial charge >= 0.3 is 0 Å². The molecule has 122 valence electrons. The maximum Gasteiger partial charge on any atom is 0.154 e. The fraction of sp³-hybridized carbons (Fsp3) is 0.0500. The Labute approximate surface area is 149 Å². The maximum atomic E-state index is 11.0. The Morgan fingerprint density at radius 1 is 1.00 bits per heavy atom. The molecule has 2 heterocycles. The van der Waals surface area contributed by atoms with Gasteiger partial charge < -0.3 is 0 Å². The molecule has 0 aliphatic heterocycles. The number of benzene rings is 2. The van der Waals surface area contributed by atoms with Crippen LogP contribution in [-0.2, 0) is 0 Å². The van der Waals surface area contributed by atoms with Crippen LogP contribution in [0.5, 0.6) is 0 Å². The SMILES string of the molecule is Cc1cc(-c2ccc3ncc(-c4ccc(Cl)cc4)n3n2)ccc1C=O. The first-order valence-electron chi connectivity index (χ1n) is 7.82. The molecule has 0 aliphatic rings. The Morgan fingerprint density at radius 2 is 1.76 bits per heavy atom. The summed E-state index contributed by atoms with van der Waals surface area (Å²) in [5.74, 6) is 0. The molecule has 0 fully saturated rings. The molecule has 0 spiro atoms. The van der Waals surface area contributed by atoms with Crippen molar-refractivity contribution in [2.75, 3.05) is 0 Å².